The molecule has 1 amide bonds. The van der Waals surface area contributed by atoms with Crippen molar-refractivity contribution in [2.45, 2.75) is 19.4 Å². The molecule has 2 heterocycles. The zero-order chi connectivity index (χ0) is 21.6. The van der Waals surface area contributed by atoms with E-state index < -0.39 is 0 Å². The molecule has 2 aromatic carbocycles. The van der Waals surface area contributed by atoms with E-state index in [1.807, 2.05) is 42.5 Å². The van der Waals surface area contributed by atoms with Gasteiger partial charge in [0, 0.05) is 42.6 Å². The van der Waals surface area contributed by atoms with Gasteiger partial charge in [-0.25, -0.2) is 4.98 Å². The molecule has 1 aliphatic heterocycles. The number of carbonyl (C=O) groups excluding carboxylic acids is 1. The molecular formula is C24H24ClN5O. The second kappa shape index (κ2) is 9.62. The minimum atomic E-state index is -0.221. The number of carbonyl (C=O) groups is 1. The van der Waals surface area contributed by atoms with Gasteiger partial charge in [-0.1, -0.05) is 29.8 Å². The lowest BCUT2D eigenvalue weighted by Crippen LogP contribution is -2.27. The zero-order valence-corrected chi connectivity index (χ0v) is 17.8. The Morgan fingerprint density at radius 2 is 1.77 bits per heavy atom. The van der Waals surface area contributed by atoms with Gasteiger partial charge >= 0.3 is 0 Å². The van der Waals surface area contributed by atoms with E-state index in [4.69, 9.17) is 17.0 Å². The van der Waals surface area contributed by atoms with E-state index in [0.29, 0.717) is 28.8 Å². The average molecular weight is 434 g/mol. The Balaban J connectivity index is 1.40. The van der Waals surface area contributed by atoms with Crippen molar-refractivity contribution in [2.24, 2.45) is 0 Å². The number of nitrogens with zero attached hydrogens (tertiary/aromatic N) is 2. The van der Waals surface area contributed by atoms with Crippen molar-refractivity contribution in [1.82, 2.24) is 9.88 Å². The van der Waals surface area contributed by atoms with Gasteiger partial charge in [-0.2, -0.15) is 0 Å². The molecule has 0 unspecified atom stereocenters. The minimum Gasteiger partial charge on any atom is -0.381 e. The van der Waals surface area contributed by atoms with E-state index in [2.05, 4.69) is 20.5 Å². The molecule has 1 aromatic heterocycles. The summed E-state index contributed by atoms with van der Waals surface area (Å²) in [5, 5.41) is 15.1. The Kier molecular flexibility index (Phi) is 6.48. The summed E-state index contributed by atoms with van der Waals surface area (Å²) >= 11 is 5.85. The van der Waals surface area contributed by atoms with Crippen LogP contribution < -0.4 is 10.6 Å². The van der Waals surface area contributed by atoms with Crippen LogP contribution in [0.5, 0.6) is 0 Å². The smallest absolute Gasteiger partial charge is 0.257 e. The Bertz CT molecular complexity index is 1060. The van der Waals surface area contributed by atoms with E-state index >= 15 is 0 Å². The van der Waals surface area contributed by atoms with E-state index in [-0.39, 0.29) is 5.91 Å². The van der Waals surface area contributed by atoms with Crippen molar-refractivity contribution < 1.29 is 4.79 Å². The van der Waals surface area contributed by atoms with Crippen molar-refractivity contribution in [2.75, 3.05) is 23.7 Å². The number of amides is 1. The molecule has 158 valence electrons. The first kappa shape index (κ1) is 20.9. The highest BCUT2D eigenvalue weighted by molar-refractivity contribution is 6.30. The monoisotopic (exact) mass is 433 g/mol. The highest BCUT2D eigenvalue weighted by Crippen LogP contribution is 2.18. The number of nitrogens with one attached hydrogen (secondary N) is 3. The summed E-state index contributed by atoms with van der Waals surface area (Å²) in [6, 6.07) is 18.7. The van der Waals surface area contributed by atoms with Crippen molar-refractivity contribution in [3.8, 4) is 0 Å². The number of rotatable bonds is 6. The molecule has 0 spiro atoms. The Hall–Kier alpha value is -3.38. The fourth-order valence-corrected chi connectivity index (χ4v) is 3.71. The van der Waals surface area contributed by atoms with Gasteiger partial charge in [0.1, 0.15) is 11.7 Å². The zero-order valence-electron chi connectivity index (χ0n) is 17.1. The summed E-state index contributed by atoms with van der Waals surface area (Å²) in [4.78, 5) is 19.0. The molecule has 0 aliphatic carbocycles. The van der Waals surface area contributed by atoms with E-state index in [1.165, 1.54) is 6.20 Å². The van der Waals surface area contributed by atoms with Crippen molar-refractivity contribution in [1.29, 1.82) is 5.41 Å². The van der Waals surface area contributed by atoms with E-state index in [1.54, 1.807) is 18.2 Å². The Morgan fingerprint density at radius 1 is 1.03 bits per heavy atom. The Morgan fingerprint density at radius 3 is 2.48 bits per heavy atom. The van der Waals surface area contributed by atoms with Gasteiger partial charge in [0.25, 0.3) is 5.91 Å². The number of pyridine rings is 1. The summed E-state index contributed by atoms with van der Waals surface area (Å²) in [5.74, 6) is 0.816. The molecule has 1 fully saturated rings. The third kappa shape index (κ3) is 5.22. The second-order valence-corrected chi connectivity index (χ2v) is 7.88. The van der Waals surface area contributed by atoms with Crippen molar-refractivity contribution in [3.63, 3.8) is 0 Å². The highest BCUT2D eigenvalue weighted by atomic mass is 35.5. The molecule has 1 aliphatic rings. The van der Waals surface area contributed by atoms with Gasteiger partial charge in [-0.3, -0.25) is 10.2 Å². The van der Waals surface area contributed by atoms with Crippen LogP contribution >= 0.6 is 11.6 Å². The number of aromatic nitrogens is 1. The maximum atomic E-state index is 12.7. The van der Waals surface area contributed by atoms with Crippen molar-refractivity contribution in [3.05, 3.63) is 88.6 Å². The summed E-state index contributed by atoms with van der Waals surface area (Å²) < 4.78 is 0. The lowest BCUT2D eigenvalue weighted by molar-refractivity contribution is 0.102. The van der Waals surface area contributed by atoms with Gasteiger partial charge in [0.05, 0.1) is 5.02 Å². The molecule has 6 nitrogen and oxygen atoms in total. The van der Waals surface area contributed by atoms with Crippen LogP contribution in [0.3, 0.4) is 0 Å². The van der Waals surface area contributed by atoms with Crippen LogP contribution in [0.15, 0.2) is 66.9 Å². The van der Waals surface area contributed by atoms with Gasteiger partial charge in [0.2, 0.25) is 0 Å². The maximum Gasteiger partial charge on any atom is 0.257 e. The first-order valence-corrected chi connectivity index (χ1v) is 10.7. The largest absolute Gasteiger partial charge is 0.381 e. The molecule has 4 rings (SSSR count). The summed E-state index contributed by atoms with van der Waals surface area (Å²) in [6.45, 7) is 2.42. The molecule has 31 heavy (non-hydrogen) atoms. The van der Waals surface area contributed by atoms with Gasteiger partial charge < -0.3 is 15.5 Å². The average Bonchev–Trinajstić information content (AvgIpc) is 3.34. The van der Waals surface area contributed by atoms with Gasteiger partial charge in [-0.15, -0.1) is 0 Å². The number of halogens is 1. The molecule has 0 radical (unpaired) electrons. The number of amidine groups is 1. The van der Waals surface area contributed by atoms with Crippen LogP contribution in [0.2, 0.25) is 5.02 Å². The third-order valence-electron chi connectivity index (χ3n) is 5.29. The summed E-state index contributed by atoms with van der Waals surface area (Å²) in [5.41, 5.74) is 3.32. The predicted molar refractivity (Wildman–Crippen MR) is 125 cm³/mol. The summed E-state index contributed by atoms with van der Waals surface area (Å²) in [6.07, 6.45) is 3.81. The molecular weight excluding hydrogens is 410 g/mol. The molecule has 0 saturated carbocycles. The van der Waals surface area contributed by atoms with Crippen LogP contribution in [0.1, 0.15) is 34.3 Å². The predicted octanol–water partition coefficient (Wildman–Crippen LogP) is 5.02. The molecule has 3 N–H and O–H groups in total. The van der Waals surface area contributed by atoms with E-state index in [9.17, 15) is 4.79 Å². The molecule has 0 bridgehead atoms. The molecule has 3 aromatic rings. The maximum absolute atomic E-state index is 12.7. The summed E-state index contributed by atoms with van der Waals surface area (Å²) in [7, 11) is 0. The topological polar surface area (TPSA) is 81.1 Å². The van der Waals surface area contributed by atoms with E-state index in [0.717, 1.165) is 42.7 Å². The van der Waals surface area contributed by atoms with Crippen LogP contribution in [-0.2, 0) is 6.54 Å². The van der Waals surface area contributed by atoms with Crippen molar-refractivity contribution >= 4 is 34.8 Å². The number of anilines is 2. The highest BCUT2D eigenvalue weighted by Gasteiger charge is 2.16. The van der Waals surface area contributed by atoms with Crippen LogP contribution in [0, 0.1) is 5.41 Å². The third-order valence-corrected chi connectivity index (χ3v) is 5.52. The molecule has 7 heteroatoms. The number of hydrogen-bond acceptors (Lipinski definition) is 4. The van der Waals surface area contributed by atoms with Gasteiger partial charge in [0.15, 0.2) is 0 Å². The normalized spacial score (nSPS) is 13.1. The Labute approximate surface area is 186 Å². The molecule has 1 saturated heterocycles. The SMILES string of the molecule is N=C(c1ccc(NCc2ccccc2C(=O)Nc2ccc(Cl)cn2)cc1)N1CCCC1. The number of hydrogen-bond donors (Lipinski definition) is 3. The fourth-order valence-electron chi connectivity index (χ4n) is 3.60. The lowest BCUT2D eigenvalue weighted by atomic mass is 10.1. The van der Waals surface area contributed by atoms with Crippen LogP contribution in [0.4, 0.5) is 11.5 Å². The fraction of sp³-hybridized carbons (Fsp3) is 0.208. The quantitative estimate of drug-likeness (QED) is 0.376. The lowest BCUT2D eigenvalue weighted by Gasteiger charge is -2.18. The van der Waals surface area contributed by atoms with Crippen LogP contribution in [0.25, 0.3) is 0 Å². The first-order valence-electron chi connectivity index (χ1n) is 10.3. The second-order valence-electron chi connectivity index (χ2n) is 7.45. The first-order chi connectivity index (χ1) is 15.1. The molecule has 0 atom stereocenters. The standard InChI is InChI=1S/C24H24ClN5O/c25-19-9-12-22(28-16-19)29-24(31)21-6-2-1-5-18(21)15-27-20-10-7-17(8-11-20)23(26)30-13-3-4-14-30/h1-2,5-12,16,26-27H,3-4,13-15H2,(H,28,29,31). The van der Waals surface area contributed by atoms with Crippen LogP contribution in [-0.4, -0.2) is 34.7 Å². The number of benzene rings is 2. The van der Waals surface area contributed by atoms with Gasteiger partial charge in [-0.05, 0) is 60.9 Å². The minimum absolute atomic E-state index is 0.221. The number of likely N-dealkylation sites (tertiary alicyclic amines) is 1.